The molecule has 1 N–H and O–H groups in total. The number of halogens is 2. The number of carbonyl (C=O) groups excluding carboxylic acids is 2. The van der Waals surface area contributed by atoms with E-state index >= 15 is 0 Å². The van der Waals surface area contributed by atoms with Crippen LogP contribution >= 0.6 is 11.6 Å². The quantitative estimate of drug-likeness (QED) is 0.675. The molecule has 2 aromatic carbocycles. The number of methoxy groups -OCH3 is 1. The first kappa shape index (κ1) is 17.0. The minimum atomic E-state index is -0.604. The maximum atomic E-state index is 13.3. The van der Waals surface area contributed by atoms with Crippen molar-refractivity contribution in [2.75, 3.05) is 12.1 Å². The van der Waals surface area contributed by atoms with Gasteiger partial charge < -0.3 is 4.74 Å². The molecule has 1 fully saturated rings. The van der Waals surface area contributed by atoms with Gasteiger partial charge in [0, 0.05) is 0 Å². The van der Waals surface area contributed by atoms with Crippen molar-refractivity contribution in [2.45, 2.75) is 6.92 Å². The van der Waals surface area contributed by atoms with Crippen LogP contribution in [0.1, 0.15) is 11.1 Å². The molecule has 0 unspecified atom stereocenters. The number of rotatable bonds is 3. The molecule has 0 aromatic heterocycles. The van der Waals surface area contributed by atoms with E-state index in [2.05, 4.69) is 5.43 Å². The number of aryl methyl sites for hydroxylation is 1. The van der Waals surface area contributed by atoms with Crippen LogP contribution in [0.5, 0.6) is 5.75 Å². The Balaban J connectivity index is 1.93. The number of hydrogen-bond donors (Lipinski definition) is 1. The van der Waals surface area contributed by atoms with Crippen LogP contribution in [0.25, 0.3) is 6.08 Å². The first-order valence-corrected chi connectivity index (χ1v) is 7.75. The van der Waals surface area contributed by atoms with Gasteiger partial charge in [0.2, 0.25) is 0 Å². The predicted molar refractivity (Wildman–Crippen MR) is 92.7 cm³/mol. The number of benzene rings is 2. The molecular formula is C18H14ClFN2O3. The van der Waals surface area contributed by atoms with Crippen LogP contribution in [-0.4, -0.2) is 18.9 Å². The summed E-state index contributed by atoms with van der Waals surface area (Å²) in [5, 5.41) is 0.901. The molecule has 1 heterocycles. The molecule has 0 spiro atoms. The van der Waals surface area contributed by atoms with E-state index in [0.29, 0.717) is 11.3 Å². The Morgan fingerprint density at radius 1 is 1.20 bits per heavy atom. The van der Waals surface area contributed by atoms with Crippen molar-refractivity contribution in [3.05, 3.63) is 63.9 Å². The van der Waals surface area contributed by atoms with Crippen LogP contribution in [0, 0.1) is 12.7 Å². The zero-order valence-corrected chi connectivity index (χ0v) is 14.2. The van der Waals surface area contributed by atoms with Gasteiger partial charge in [-0.25, -0.2) is 9.40 Å². The number of carbonyl (C=O) groups is 2. The molecule has 1 aliphatic heterocycles. The molecule has 0 aliphatic carbocycles. The van der Waals surface area contributed by atoms with E-state index < -0.39 is 17.6 Å². The average Bonchev–Trinajstić information content (AvgIpc) is 2.86. The third-order valence-electron chi connectivity index (χ3n) is 3.78. The predicted octanol–water partition coefficient (Wildman–Crippen LogP) is 3.26. The van der Waals surface area contributed by atoms with E-state index in [4.69, 9.17) is 16.3 Å². The summed E-state index contributed by atoms with van der Waals surface area (Å²) in [5.41, 5.74) is 4.27. The second-order valence-corrected chi connectivity index (χ2v) is 5.87. The van der Waals surface area contributed by atoms with Crippen molar-refractivity contribution in [1.82, 2.24) is 5.43 Å². The fraction of sp³-hybridized carbons (Fsp3) is 0.111. The van der Waals surface area contributed by atoms with Gasteiger partial charge >= 0.3 is 0 Å². The summed E-state index contributed by atoms with van der Waals surface area (Å²) in [6, 6.07) is 9.08. The number of hydrogen-bond acceptors (Lipinski definition) is 3. The molecular weight excluding hydrogens is 347 g/mol. The number of anilines is 1. The maximum absolute atomic E-state index is 13.3. The minimum absolute atomic E-state index is 0.0231. The summed E-state index contributed by atoms with van der Waals surface area (Å²) in [7, 11) is 1.57. The molecule has 0 saturated carbocycles. The fourth-order valence-electron chi connectivity index (χ4n) is 2.52. The highest BCUT2D eigenvalue weighted by Crippen LogP contribution is 2.26. The van der Waals surface area contributed by atoms with Crippen LogP contribution in [-0.2, 0) is 9.59 Å². The van der Waals surface area contributed by atoms with Crippen molar-refractivity contribution in [3.8, 4) is 5.75 Å². The van der Waals surface area contributed by atoms with E-state index in [-0.39, 0.29) is 16.3 Å². The zero-order valence-electron chi connectivity index (χ0n) is 13.5. The summed E-state index contributed by atoms with van der Waals surface area (Å²) in [6.45, 7) is 1.87. The summed E-state index contributed by atoms with van der Waals surface area (Å²) < 4.78 is 18.5. The Kier molecular flexibility index (Phi) is 4.46. The molecule has 128 valence electrons. The van der Waals surface area contributed by atoms with Crippen molar-refractivity contribution in [1.29, 1.82) is 0 Å². The van der Waals surface area contributed by atoms with Gasteiger partial charge in [-0.15, -0.1) is 0 Å². The number of hydrazine groups is 1. The van der Waals surface area contributed by atoms with Gasteiger partial charge in [-0.3, -0.25) is 15.0 Å². The molecule has 2 aromatic rings. The van der Waals surface area contributed by atoms with Crippen molar-refractivity contribution < 1.29 is 18.7 Å². The summed E-state index contributed by atoms with van der Waals surface area (Å²) >= 11 is 5.74. The van der Waals surface area contributed by atoms with Gasteiger partial charge in [0.25, 0.3) is 11.8 Å². The van der Waals surface area contributed by atoms with Gasteiger partial charge in [0.15, 0.2) is 0 Å². The lowest BCUT2D eigenvalue weighted by molar-refractivity contribution is -0.117. The lowest BCUT2D eigenvalue weighted by Gasteiger charge is -2.14. The number of nitrogens with zero attached hydrogens (tertiary/aromatic N) is 1. The highest BCUT2D eigenvalue weighted by Gasteiger charge is 2.34. The molecule has 5 nitrogen and oxygen atoms in total. The lowest BCUT2D eigenvalue weighted by atomic mass is 10.1. The van der Waals surface area contributed by atoms with Crippen LogP contribution < -0.4 is 15.2 Å². The third-order valence-corrected chi connectivity index (χ3v) is 4.07. The molecule has 0 bridgehead atoms. The normalized spacial score (nSPS) is 15.7. The Bertz CT molecular complexity index is 911. The monoisotopic (exact) mass is 360 g/mol. The van der Waals surface area contributed by atoms with Crippen molar-refractivity contribution >= 4 is 35.2 Å². The SMILES string of the molecule is COc1ccc(C=C2C(=O)NN(c3ccc(F)c(Cl)c3)C2=O)cc1C. The summed E-state index contributed by atoms with van der Waals surface area (Å²) in [5.74, 6) is -0.972. The Morgan fingerprint density at radius 3 is 2.60 bits per heavy atom. The van der Waals surface area contributed by atoms with Gasteiger partial charge in [0.05, 0.1) is 17.8 Å². The second-order valence-electron chi connectivity index (χ2n) is 5.47. The van der Waals surface area contributed by atoms with E-state index in [1.807, 2.05) is 13.0 Å². The van der Waals surface area contributed by atoms with Crippen LogP contribution in [0.15, 0.2) is 42.0 Å². The standard InChI is InChI=1S/C18H14ClFN2O3/c1-10-7-11(3-6-16(10)25-2)8-13-17(23)21-22(18(13)24)12-4-5-15(20)14(19)9-12/h3-9H,1-2H3,(H,21,23). The van der Waals surface area contributed by atoms with Gasteiger partial charge in [-0.2, -0.15) is 0 Å². The highest BCUT2D eigenvalue weighted by atomic mass is 35.5. The molecule has 0 atom stereocenters. The molecule has 25 heavy (non-hydrogen) atoms. The van der Waals surface area contributed by atoms with Gasteiger partial charge in [-0.1, -0.05) is 17.7 Å². The molecule has 3 rings (SSSR count). The van der Waals surface area contributed by atoms with E-state index in [1.54, 1.807) is 19.2 Å². The highest BCUT2D eigenvalue weighted by molar-refractivity contribution is 6.33. The fourth-order valence-corrected chi connectivity index (χ4v) is 2.70. The van der Waals surface area contributed by atoms with E-state index in [1.165, 1.54) is 18.2 Å². The van der Waals surface area contributed by atoms with Crippen LogP contribution in [0.3, 0.4) is 0 Å². The van der Waals surface area contributed by atoms with Gasteiger partial charge in [-0.05, 0) is 54.5 Å². The molecule has 7 heteroatoms. The largest absolute Gasteiger partial charge is 0.496 e. The van der Waals surface area contributed by atoms with Crippen molar-refractivity contribution in [2.24, 2.45) is 0 Å². The minimum Gasteiger partial charge on any atom is -0.496 e. The maximum Gasteiger partial charge on any atom is 0.282 e. The lowest BCUT2D eigenvalue weighted by Crippen LogP contribution is -2.35. The van der Waals surface area contributed by atoms with E-state index in [0.717, 1.165) is 16.6 Å². The topological polar surface area (TPSA) is 58.6 Å². The molecule has 2 amide bonds. The Morgan fingerprint density at radius 2 is 1.96 bits per heavy atom. The van der Waals surface area contributed by atoms with E-state index in [9.17, 15) is 14.0 Å². The first-order valence-electron chi connectivity index (χ1n) is 7.37. The third kappa shape index (κ3) is 3.21. The number of ether oxygens (including phenoxy) is 1. The number of nitrogens with one attached hydrogen (secondary N) is 1. The summed E-state index contributed by atoms with van der Waals surface area (Å²) in [4.78, 5) is 24.7. The number of amides is 2. The summed E-state index contributed by atoms with van der Waals surface area (Å²) in [6.07, 6.45) is 1.50. The Hall–Kier alpha value is -2.86. The molecule has 1 saturated heterocycles. The van der Waals surface area contributed by atoms with Gasteiger partial charge in [0.1, 0.15) is 17.1 Å². The molecule has 1 aliphatic rings. The second kappa shape index (κ2) is 6.57. The molecule has 0 radical (unpaired) electrons. The van der Waals surface area contributed by atoms with Crippen molar-refractivity contribution in [3.63, 3.8) is 0 Å². The smallest absolute Gasteiger partial charge is 0.282 e. The van der Waals surface area contributed by atoms with Crippen LogP contribution in [0.4, 0.5) is 10.1 Å². The van der Waals surface area contributed by atoms with Crippen LogP contribution in [0.2, 0.25) is 5.02 Å². The zero-order chi connectivity index (χ0) is 18.1. The first-order chi connectivity index (χ1) is 11.9. The Labute approximate surface area is 148 Å². The average molecular weight is 361 g/mol.